The molecule has 1 saturated carbocycles. The molecule has 0 atom stereocenters. The van der Waals surface area contributed by atoms with Crippen LogP contribution in [-0.2, 0) is 0 Å². The van der Waals surface area contributed by atoms with E-state index in [4.69, 9.17) is 6.58 Å². The summed E-state index contributed by atoms with van der Waals surface area (Å²) in [6.45, 7) is 7.25. The van der Waals surface area contributed by atoms with Gasteiger partial charge in [0.05, 0.1) is 0 Å². The summed E-state index contributed by atoms with van der Waals surface area (Å²) >= 11 is 0. The Bertz CT molecular complexity index is 62.5. The van der Waals surface area contributed by atoms with Crippen LogP contribution in [0.15, 0.2) is 6.08 Å². The first-order valence-corrected chi connectivity index (χ1v) is 4.95. The molecule has 0 amide bonds. The predicted octanol–water partition coefficient (Wildman–Crippen LogP) is 4.12. The van der Waals surface area contributed by atoms with Crippen LogP contribution in [0.4, 0.5) is 0 Å². The van der Waals surface area contributed by atoms with E-state index < -0.39 is 0 Å². The number of hydrogen-bond acceptors (Lipinski definition) is 0. The molecule has 0 aromatic carbocycles. The van der Waals surface area contributed by atoms with Crippen LogP contribution in [0.5, 0.6) is 0 Å². The number of allylic oxidation sites excluding steroid dienone is 1. The Kier molecular flexibility index (Phi) is 9.51. The van der Waals surface area contributed by atoms with Crippen molar-refractivity contribution in [1.29, 1.82) is 0 Å². The van der Waals surface area contributed by atoms with E-state index in [1.165, 1.54) is 44.9 Å². The van der Waals surface area contributed by atoms with Crippen molar-refractivity contribution in [3.8, 4) is 0 Å². The third kappa shape index (κ3) is 9.74. The maximum Gasteiger partial charge on any atom is -0.0348 e. The fraction of sp³-hybridized carbons (Fsp3) is 0.818. The Morgan fingerprint density at radius 3 is 1.73 bits per heavy atom. The molecule has 0 saturated heterocycles. The van der Waals surface area contributed by atoms with Crippen LogP contribution in [0.2, 0.25) is 0 Å². The minimum atomic E-state index is 1.07. The summed E-state index contributed by atoms with van der Waals surface area (Å²) in [5, 5.41) is 0. The molecule has 0 aromatic rings. The second-order valence-corrected chi connectivity index (χ2v) is 3.15. The quantitative estimate of drug-likeness (QED) is 0.535. The van der Waals surface area contributed by atoms with E-state index in [1.807, 2.05) is 0 Å². The molecule has 65 valence electrons. The molecule has 0 aliphatic heterocycles. The van der Waals surface area contributed by atoms with Crippen molar-refractivity contribution in [2.24, 2.45) is 0 Å². The third-order valence-electron chi connectivity index (χ3n) is 1.97. The maximum absolute atomic E-state index is 5.09. The molecule has 1 aliphatic rings. The molecule has 0 spiro atoms. The summed E-state index contributed by atoms with van der Waals surface area (Å²) in [4.78, 5) is 0. The lowest BCUT2D eigenvalue weighted by Gasteiger charge is -1.81. The smallest absolute Gasteiger partial charge is 0.0348 e. The first-order valence-electron chi connectivity index (χ1n) is 4.95. The van der Waals surface area contributed by atoms with Gasteiger partial charge < -0.3 is 0 Å². The predicted molar refractivity (Wildman–Crippen MR) is 51.5 cm³/mol. The van der Waals surface area contributed by atoms with Crippen LogP contribution in [0.3, 0.4) is 0 Å². The van der Waals surface area contributed by atoms with Gasteiger partial charge in [-0.05, 0) is 6.42 Å². The first-order chi connectivity index (χ1) is 5.41. The van der Waals surface area contributed by atoms with Crippen molar-refractivity contribution in [1.82, 2.24) is 0 Å². The van der Waals surface area contributed by atoms with E-state index in [0.717, 1.165) is 6.42 Å². The van der Waals surface area contributed by atoms with Crippen molar-refractivity contribution in [3.05, 3.63) is 12.7 Å². The highest BCUT2D eigenvalue weighted by Gasteiger charge is 1.95. The molecule has 1 aliphatic carbocycles. The Morgan fingerprint density at radius 2 is 1.55 bits per heavy atom. The molecule has 0 heterocycles. The van der Waals surface area contributed by atoms with Gasteiger partial charge in [0.25, 0.3) is 0 Å². The van der Waals surface area contributed by atoms with Crippen molar-refractivity contribution in [3.63, 3.8) is 0 Å². The Labute approximate surface area is 71.7 Å². The lowest BCUT2D eigenvalue weighted by Crippen LogP contribution is -1.62. The van der Waals surface area contributed by atoms with E-state index in [0.29, 0.717) is 0 Å². The molecule has 1 rings (SSSR count). The van der Waals surface area contributed by atoms with Crippen molar-refractivity contribution in [2.75, 3.05) is 0 Å². The number of unbranched alkanes of at least 4 members (excludes halogenated alkanes) is 2. The molecule has 1 radical (unpaired) electrons. The summed E-state index contributed by atoms with van der Waals surface area (Å²) in [6.07, 6.45) is 12.8. The molecule has 0 aromatic heterocycles. The van der Waals surface area contributed by atoms with E-state index in [2.05, 4.69) is 6.92 Å². The van der Waals surface area contributed by atoms with Crippen molar-refractivity contribution < 1.29 is 0 Å². The van der Waals surface area contributed by atoms with Gasteiger partial charge in [-0.15, -0.1) is 0 Å². The second kappa shape index (κ2) is 9.74. The van der Waals surface area contributed by atoms with E-state index in [-0.39, 0.29) is 0 Å². The van der Waals surface area contributed by atoms with Crippen LogP contribution >= 0.6 is 0 Å². The minimum absolute atomic E-state index is 1.07. The van der Waals surface area contributed by atoms with Crippen LogP contribution in [0, 0.1) is 6.58 Å². The second-order valence-electron chi connectivity index (χ2n) is 3.15. The van der Waals surface area contributed by atoms with Crippen LogP contribution in [0.25, 0.3) is 0 Å². The summed E-state index contributed by atoms with van der Waals surface area (Å²) in [5.41, 5.74) is 0. The summed E-state index contributed by atoms with van der Waals surface area (Å²) in [7, 11) is 0. The molecular weight excluding hydrogens is 132 g/mol. The molecule has 1 fully saturated rings. The molecule has 11 heavy (non-hydrogen) atoms. The fourth-order valence-corrected chi connectivity index (χ4v) is 1.21. The van der Waals surface area contributed by atoms with Gasteiger partial charge in [0.2, 0.25) is 0 Å². The summed E-state index contributed by atoms with van der Waals surface area (Å²) in [6, 6.07) is 0. The highest BCUT2D eigenvalue weighted by Crippen LogP contribution is 2.15. The van der Waals surface area contributed by atoms with E-state index in [9.17, 15) is 0 Å². The average molecular weight is 153 g/mol. The lowest BCUT2D eigenvalue weighted by molar-refractivity contribution is 0.815. The van der Waals surface area contributed by atoms with Gasteiger partial charge in [-0.2, -0.15) is 0 Å². The van der Waals surface area contributed by atoms with Crippen LogP contribution in [0.1, 0.15) is 58.3 Å². The summed E-state index contributed by atoms with van der Waals surface area (Å²) < 4.78 is 0. The molecular formula is C11H21. The Hall–Kier alpha value is -0.260. The van der Waals surface area contributed by atoms with Crippen LogP contribution in [-0.4, -0.2) is 0 Å². The Morgan fingerprint density at radius 1 is 1.09 bits per heavy atom. The topological polar surface area (TPSA) is 0 Å². The largest absolute Gasteiger partial charge is 0.0845 e. The average Bonchev–Trinajstić information content (AvgIpc) is 2.57. The van der Waals surface area contributed by atoms with Gasteiger partial charge >= 0.3 is 0 Å². The zero-order chi connectivity index (χ0) is 8.36. The monoisotopic (exact) mass is 153 g/mol. The zero-order valence-electron chi connectivity index (χ0n) is 7.81. The highest BCUT2D eigenvalue weighted by atomic mass is 14.0. The minimum Gasteiger partial charge on any atom is -0.0845 e. The molecule has 0 N–H and O–H groups in total. The van der Waals surface area contributed by atoms with Gasteiger partial charge in [0, 0.05) is 0 Å². The van der Waals surface area contributed by atoms with Gasteiger partial charge in [-0.25, -0.2) is 0 Å². The van der Waals surface area contributed by atoms with E-state index in [1.54, 1.807) is 6.08 Å². The van der Waals surface area contributed by atoms with Crippen LogP contribution < -0.4 is 0 Å². The van der Waals surface area contributed by atoms with Gasteiger partial charge in [-0.1, -0.05) is 64.5 Å². The lowest BCUT2D eigenvalue weighted by atomic mass is 10.3. The molecule has 0 heteroatoms. The maximum atomic E-state index is 5.09. The molecule has 0 bridgehead atoms. The van der Waals surface area contributed by atoms with Gasteiger partial charge in [0.15, 0.2) is 0 Å². The third-order valence-corrected chi connectivity index (χ3v) is 1.97. The summed E-state index contributed by atoms with van der Waals surface area (Å²) in [5.74, 6) is 0. The van der Waals surface area contributed by atoms with Crippen molar-refractivity contribution in [2.45, 2.75) is 58.3 Å². The van der Waals surface area contributed by atoms with Gasteiger partial charge in [-0.3, -0.25) is 0 Å². The molecule has 0 unspecified atom stereocenters. The van der Waals surface area contributed by atoms with Crippen molar-refractivity contribution >= 4 is 0 Å². The Balaban J connectivity index is 0.000000183. The SMILES string of the molecule is C1CCCC1.[CH]=CCCCC. The fourth-order valence-electron chi connectivity index (χ4n) is 1.21. The number of rotatable bonds is 3. The highest BCUT2D eigenvalue weighted by molar-refractivity contribution is 4.60. The van der Waals surface area contributed by atoms with E-state index >= 15 is 0 Å². The standard InChI is InChI=1S/C6H11.C5H10/c1-3-5-6-4-2;1-2-4-5-3-1/h1,3H,4-6H2,2H3;1-5H2. The zero-order valence-corrected chi connectivity index (χ0v) is 7.81. The first kappa shape index (κ1) is 10.7. The normalized spacial score (nSPS) is 15.4. The molecule has 0 nitrogen and oxygen atoms in total. The number of hydrogen-bond donors (Lipinski definition) is 0. The van der Waals surface area contributed by atoms with Gasteiger partial charge in [0.1, 0.15) is 0 Å².